The number of rotatable bonds is 7. The van der Waals surface area contributed by atoms with Crippen LogP contribution in [0.15, 0.2) is 34.9 Å². The molecule has 1 atom stereocenters. The standard InChI is InChI=1S/C14H19BrN4O/c1-11(12-4-2-5-13(15)8-12)16-9-14-10-19(18-17-14)6-3-7-20/h2,4-5,8,10-11,16,20H,3,6-7,9H2,1H3/t11-/m1/s1. The Morgan fingerprint density at radius 2 is 2.30 bits per heavy atom. The molecular weight excluding hydrogens is 320 g/mol. The quantitative estimate of drug-likeness (QED) is 0.812. The maximum atomic E-state index is 8.78. The molecule has 0 amide bonds. The maximum absolute atomic E-state index is 8.78. The molecule has 0 unspecified atom stereocenters. The minimum atomic E-state index is 0.174. The molecule has 6 heteroatoms. The first-order valence-electron chi connectivity index (χ1n) is 6.68. The minimum Gasteiger partial charge on any atom is -0.396 e. The molecule has 20 heavy (non-hydrogen) atoms. The Labute approximate surface area is 127 Å². The van der Waals surface area contributed by atoms with Gasteiger partial charge in [0.2, 0.25) is 0 Å². The second-order valence-corrected chi connectivity index (χ2v) is 5.62. The zero-order chi connectivity index (χ0) is 14.4. The molecule has 0 fully saturated rings. The molecule has 0 saturated heterocycles. The van der Waals surface area contributed by atoms with Crippen molar-refractivity contribution in [3.05, 3.63) is 46.2 Å². The molecule has 0 aliphatic carbocycles. The molecule has 0 aliphatic rings. The minimum absolute atomic E-state index is 0.174. The smallest absolute Gasteiger partial charge is 0.0965 e. The summed E-state index contributed by atoms with van der Waals surface area (Å²) in [6.45, 7) is 3.67. The number of aliphatic hydroxyl groups excluding tert-OH is 1. The van der Waals surface area contributed by atoms with Gasteiger partial charge in [-0.3, -0.25) is 4.68 Å². The van der Waals surface area contributed by atoms with Crippen LogP contribution in [0.4, 0.5) is 0 Å². The number of hydrogen-bond donors (Lipinski definition) is 2. The number of aryl methyl sites for hydroxylation is 1. The lowest BCUT2D eigenvalue weighted by Gasteiger charge is -2.13. The van der Waals surface area contributed by atoms with E-state index in [1.54, 1.807) is 4.68 Å². The van der Waals surface area contributed by atoms with Gasteiger partial charge in [0.05, 0.1) is 5.69 Å². The summed E-state index contributed by atoms with van der Waals surface area (Å²) in [5.41, 5.74) is 2.14. The van der Waals surface area contributed by atoms with Crippen LogP contribution in [0, 0.1) is 0 Å². The highest BCUT2D eigenvalue weighted by Crippen LogP contribution is 2.18. The summed E-state index contributed by atoms with van der Waals surface area (Å²) in [4.78, 5) is 0. The van der Waals surface area contributed by atoms with E-state index in [4.69, 9.17) is 5.11 Å². The molecule has 2 aromatic rings. The van der Waals surface area contributed by atoms with Crippen LogP contribution >= 0.6 is 15.9 Å². The third kappa shape index (κ3) is 4.40. The summed E-state index contributed by atoms with van der Waals surface area (Å²) >= 11 is 3.48. The van der Waals surface area contributed by atoms with Gasteiger partial charge in [0, 0.05) is 36.4 Å². The third-order valence-corrected chi connectivity index (χ3v) is 3.56. The third-order valence-electron chi connectivity index (χ3n) is 3.07. The largest absolute Gasteiger partial charge is 0.396 e. The highest BCUT2D eigenvalue weighted by Gasteiger charge is 2.07. The van der Waals surface area contributed by atoms with Crippen molar-refractivity contribution in [2.75, 3.05) is 6.61 Å². The predicted molar refractivity (Wildman–Crippen MR) is 81.1 cm³/mol. The molecule has 0 bridgehead atoms. The topological polar surface area (TPSA) is 63.0 Å². The lowest BCUT2D eigenvalue weighted by molar-refractivity contribution is 0.276. The lowest BCUT2D eigenvalue weighted by atomic mass is 10.1. The maximum Gasteiger partial charge on any atom is 0.0965 e. The van der Waals surface area contributed by atoms with Gasteiger partial charge in [0.25, 0.3) is 0 Å². The van der Waals surface area contributed by atoms with E-state index in [1.807, 2.05) is 18.3 Å². The Bertz CT molecular complexity index is 543. The number of aromatic nitrogens is 3. The Morgan fingerprint density at radius 1 is 1.45 bits per heavy atom. The fourth-order valence-electron chi connectivity index (χ4n) is 1.91. The van der Waals surface area contributed by atoms with Crippen LogP contribution in [0.3, 0.4) is 0 Å². The average molecular weight is 339 g/mol. The van der Waals surface area contributed by atoms with Crippen molar-refractivity contribution in [1.82, 2.24) is 20.3 Å². The number of aliphatic hydroxyl groups is 1. The molecule has 2 rings (SSSR count). The summed E-state index contributed by atoms with van der Waals surface area (Å²) in [7, 11) is 0. The molecular formula is C14H19BrN4O. The predicted octanol–water partition coefficient (Wildman–Crippen LogP) is 2.27. The van der Waals surface area contributed by atoms with Crippen molar-refractivity contribution in [3.63, 3.8) is 0 Å². The number of halogens is 1. The fraction of sp³-hybridized carbons (Fsp3) is 0.429. The molecule has 0 spiro atoms. The molecule has 1 heterocycles. The van der Waals surface area contributed by atoms with Gasteiger partial charge in [-0.25, -0.2) is 0 Å². The van der Waals surface area contributed by atoms with Crippen LogP contribution in [0.25, 0.3) is 0 Å². The van der Waals surface area contributed by atoms with Gasteiger partial charge in [-0.1, -0.05) is 33.3 Å². The second-order valence-electron chi connectivity index (χ2n) is 4.71. The first-order chi connectivity index (χ1) is 9.69. The normalized spacial score (nSPS) is 12.6. The van der Waals surface area contributed by atoms with Crippen LogP contribution in [0.5, 0.6) is 0 Å². The van der Waals surface area contributed by atoms with Crippen LogP contribution in [0.1, 0.15) is 30.6 Å². The fourth-order valence-corrected chi connectivity index (χ4v) is 2.33. The van der Waals surface area contributed by atoms with Gasteiger partial charge >= 0.3 is 0 Å². The first kappa shape index (κ1) is 15.2. The van der Waals surface area contributed by atoms with Crippen LogP contribution < -0.4 is 5.32 Å². The second kappa shape index (κ2) is 7.52. The van der Waals surface area contributed by atoms with E-state index in [-0.39, 0.29) is 12.6 Å². The van der Waals surface area contributed by atoms with E-state index in [0.29, 0.717) is 19.5 Å². The van der Waals surface area contributed by atoms with E-state index < -0.39 is 0 Å². The van der Waals surface area contributed by atoms with Gasteiger partial charge in [0.1, 0.15) is 0 Å². The van der Waals surface area contributed by atoms with Crippen molar-refractivity contribution in [2.45, 2.75) is 32.5 Å². The monoisotopic (exact) mass is 338 g/mol. The summed E-state index contributed by atoms with van der Waals surface area (Å²) in [6.07, 6.45) is 2.61. The van der Waals surface area contributed by atoms with Crippen molar-refractivity contribution >= 4 is 15.9 Å². The van der Waals surface area contributed by atoms with E-state index in [2.05, 4.69) is 50.6 Å². The molecule has 108 valence electrons. The number of benzene rings is 1. The van der Waals surface area contributed by atoms with Crippen LogP contribution in [-0.2, 0) is 13.1 Å². The highest BCUT2D eigenvalue weighted by atomic mass is 79.9. The van der Waals surface area contributed by atoms with Gasteiger partial charge in [-0.15, -0.1) is 5.10 Å². The number of nitrogens with zero attached hydrogens (tertiary/aromatic N) is 3. The SMILES string of the molecule is C[C@@H](NCc1cn(CCCO)nn1)c1cccc(Br)c1. The number of nitrogens with one attached hydrogen (secondary N) is 1. The van der Waals surface area contributed by atoms with Crippen molar-refractivity contribution in [2.24, 2.45) is 0 Å². The van der Waals surface area contributed by atoms with Crippen molar-refractivity contribution < 1.29 is 5.11 Å². The van der Waals surface area contributed by atoms with E-state index in [9.17, 15) is 0 Å². The summed E-state index contributed by atoms with van der Waals surface area (Å²) < 4.78 is 2.84. The zero-order valence-electron chi connectivity index (χ0n) is 11.5. The van der Waals surface area contributed by atoms with Crippen LogP contribution in [0.2, 0.25) is 0 Å². The molecule has 2 N–H and O–H groups in total. The van der Waals surface area contributed by atoms with E-state index in [0.717, 1.165) is 10.2 Å². The molecule has 5 nitrogen and oxygen atoms in total. The van der Waals surface area contributed by atoms with Crippen LogP contribution in [-0.4, -0.2) is 26.7 Å². The summed E-state index contributed by atoms with van der Waals surface area (Å²) in [5, 5.41) is 20.3. The van der Waals surface area contributed by atoms with Gasteiger partial charge in [-0.05, 0) is 31.0 Å². The molecule has 1 aromatic heterocycles. The summed E-state index contributed by atoms with van der Waals surface area (Å²) in [5.74, 6) is 0. The van der Waals surface area contributed by atoms with Gasteiger partial charge in [0.15, 0.2) is 0 Å². The highest BCUT2D eigenvalue weighted by molar-refractivity contribution is 9.10. The molecule has 0 radical (unpaired) electrons. The Morgan fingerprint density at radius 3 is 3.05 bits per heavy atom. The van der Waals surface area contributed by atoms with Gasteiger partial charge < -0.3 is 10.4 Å². The van der Waals surface area contributed by atoms with E-state index >= 15 is 0 Å². The summed E-state index contributed by atoms with van der Waals surface area (Å²) in [6, 6.07) is 8.50. The zero-order valence-corrected chi connectivity index (χ0v) is 13.0. The number of hydrogen-bond acceptors (Lipinski definition) is 4. The Hall–Kier alpha value is -1.24. The van der Waals surface area contributed by atoms with Gasteiger partial charge in [-0.2, -0.15) is 0 Å². The first-order valence-corrected chi connectivity index (χ1v) is 7.47. The average Bonchev–Trinajstić information content (AvgIpc) is 2.90. The lowest BCUT2D eigenvalue weighted by Crippen LogP contribution is -2.18. The van der Waals surface area contributed by atoms with E-state index in [1.165, 1.54) is 5.56 Å². The Balaban J connectivity index is 1.86. The molecule has 0 saturated carbocycles. The molecule has 1 aromatic carbocycles. The van der Waals surface area contributed by atoms with Crippen molar-refractivity contribution in [1.29, 1.82) is 0 Å². The molecule has 0 aliphatic heterocycles. The van der Waals surface area contributed by atoms with Crippen molar-refractivity contribution in [3.8, 4) is 0 Å². The Kier molecular flexibility index (Phi) is 5.70.